The molecule has 1 fully saturated rings. The van der Waals surface area contributed by atoms with Gasteiger partial charge >= 0.3 is 0 Å². The number of amides is 1. The van der Waals surface area contributed by atoms with E-state index in [1.807, 2.05) is 26.0 Å². The van der Waals surface area contributed by atoms with Crippen molar-refractivity contribution in [3.8, 4) is 5.75 Å². The molecule has 1 unspecified atom stereocenters. The van der Waals surface area contributed by atoms with Crippen LogP contribution in [0.5, 0.6) is 5.75 Å². The van der Waals surface area contributed by atoms with Crippen molar-refractivity contribution in [3.63, 3.8) is 0 Å². The molecule has 0 aromatic heterocycles. The van der Waals surface area contributed by atoms with Crippen molar-refractivity contribution in [2.45, 2.75) is 39.2 Å². The molecule has 0 aliphatic carbocycles. The highest BCUT2D eigenvalue weighted by Gasteiger charge is 2.33. The lowest BCUT2D eigenvalue weighted by atomic mass is 10.1. The minimum Gasteiger partial charge on any atom is -0.493 e. The molecule has 4 nitrogen and oxygen atoms in total. The Hall–Kier alpha value is -1.55. The Balaban J connectivity index is 1.80. The van der Waals surface area contributed by atoms with Crippen LogP contribution in [0.1, 0.15) is 30.9 Å². The van der Waals surface area contributed by atoms with Crippen molar-refractivity contribution in [3.05, 3.63) is 29.3 Å². The van der Waals surface area contributed by atoms with Crippen LogP contribution in [0.3, 0.4) is 0 Å². The zero-order valence-corrected chi connectivity index (χ0v) is 12.5. The maximum absolute atomic E-state index is 12.0. The van der Waals surface area contributed by atoms with Crippen LogP contribution in [0.4, 0.5) is 0 Å². The van der Waals surface area contributed by atoms with Crippen LogP contribution in [0.15, 0.2) is 18.2 Å². The molecule has 20 heavy (non-hydrogen) atoms. The Kier molecular flexibility index (Phi) is 4.33. The number of aryl methyl sites for hydroxylation is 2. The smallest absolute Gasteiger partial charge is 0.226 e. The van der Waals surface area contributed by atoms with Gasteiger partial charge in [-0.1, -0.05) is 17.7 Å². The number of hydrogen-bond donors (Lipinski definition) is 1. The Morgan fingerprint density at radius 3 is 2.80 bits per heavy atom. The van der Waals surface area contributed by atoms with E-state index in [0.29, 0.717) is 32.5 Å². The zero-order valence-electron chi connectivity index (χ0n) is 12.5. The highest BCUT2D eigenvalue weighted by atomic mass is 16.5. The van der Waals surface area contributed by atoms with Gasteiger partial charge in [-0.2, -0.15) is 0 Å². The molecule has 1 amide bonds. The highest BCUT2D eigenvalue weighted by Crippen LogP contribution is 2.21. The van der Waals surface area contributed by atoms with Crippen LogP contribution in [-0.2, 0) is 4.79 Å². The number of aliphatic hydroxyl groups is 1. The Morgan fingerprint density at radius 2 is 2.20 bits per heavy atom. The van der Waals surface area contributed by atoms with Crippen LogP contribution in [-0.4, -0.2) is 41.2 Å². The first kappa shape index (κ1) is 14.9. The fourth-order valence-corrected chi connectivity index (χ4v) is 2.53. The normalized spacial score (nSPS) is 22.1. The molecule has 1 heterocycles. The number of carbonyl (C=O) groups is 1. The second-order valence-electron chi connectivity index (χ2n) is 5.93. The second kappa shape index (κ2) is 5.83. The van der Waals surface area contributed by atoms with Gasteiger partial charge in [0.25, 0.3) is 0 Å². The van der Waals surface area contributed by atoms with Crippen LogP contribution in [0, 0.1) is 13.8 Å². The minimum absolute atomic E-state index is 0.0486. The fraction of sp³-hybridized carbons (Fsp3) is 0.562. The Morgan fingerprint density at radius 1 is 1.45 bits per heavy atom. The lowest BCUT2D eigenvalue weighted by molar-refractivity contribution is -0.131. The predicted octanol–water partition coefficient (Wildman–Crippen LogP) is 2.06. The lowest BCUT2D eigenvalue weighted by Crippen LogP contribution is -2.34. The maximum Gasteiger partial charge on any atom is 0.226 e. The van der Waals surface area contributed by atoms with Gasteiger partial charge in [0.1, 0.15) is 5.75 Å². The van der Waals surface area contributed by atoms with Gasteiger partial charge in [0.15, 0.2) is 0 Å². The van der Waals surface area contributed by atoms with Crippen LogP contribution in [0.2, 0.25) is 0 Å². The molecule has 1 aliphatic rings. The summed E-state index contributed by atoms with van der Waals surface area (Å²) >= 11 is 0. The van der Waals surface area contributed by atoms with Crippen molar-refractivity contribution >= 4 is 5.91 Å². The molecular weight excluding hydrogens is 254 g/mol. The highest BCUT2D eigenvalue weighted by molar-refractivity contribution is 5.76. The quantitative estimate of drug-likeness (QED) is 0.916. The summed E-state index contributed by atoms with van der Waals surface area (Å²) in [7, 11) is 0. The molecule has 1 aromatic carbocycles. The van der Waals surface area contributed by atoms with Crippen molar-refractivity contribution in [1.29, 1.82) is 0 Å². The van der Waals surface area contributed by atoms with Gasteiger partial charge in [0, 0.05) is 13.1 Å². The van der Waals surface area contributed by atoms with Crippen LogP contribution in [0.25, 0.3) is 0 Å². The first-order valence-corrected chi connectivity index (χ1v) is 7.08. The molecule has 1 aromatic rings. The first-order valence-electron chi connectivity index (χ1n) is 7.08. The van der Waals surface area contributed by atoms with Crippen LogP contribution >= 0.6 is 0 Å². The van der Waals surface area contributed by atoms with E-state index in [2.05, 4.69) is 6.07 Å². The van der Waals surface area contributed by atoms with Gasteiger partial charge in [-0.15, -0.1) is 0 Å². The van der Waals surface area contributed by atoms with Gasteiger partial charge in [0.2, 0.25) is 5.91 Å². The average molecular weight is 277 g/mol. The van der Waals surface area contributed by atoms with E-state index in [0.717, 1.165) is 11.3 Å². The van der Waals surface area contributed by atoms with Crippen molar-refractivity contribution < 1.29 is 14.6 Å². The van der Waals surface area contributed by atoms with Gasteiger partial charge in [-0.3, -0.25) is 4.79 Å². The third kappa shape index (κ3) is 3.73. The molecule has 0 spiro atoms. The second-order valence-corrected chi connectivity index (χ2v) is 5.93. The third-order valence-electron chi connectivity index (χ3n) is 3.71. The predicted molar refractivity (Wildman–Crippen MR) is 77.8 cm³/mol. The molecule has 0 radical (unpaired) electrons. The fourth-order valence-electron chi connectivity index (χ4n) is 2.53. The van der Waals surface area contributed by atoms with E-state index in [4.69, 9.17) is 4.74 Å². The van der Waals surface area contributed by atoms with E-state index in [1.54, 1.807) is 11.8 Å². The summed E-state index contributed by atoms with van der Waals surface area (Å²) in [4.78, 5) is 13.7. The summed E-state index contributed by atoms with van der Waals surface area (Å²) in [6.45, 7) is 7.25. The number of hydrogen-bond acceptors (Lipinski definition) is 3. The first-order chi connectivity index (χ1) is 9.37. The summed E-state index contributed by atoms with van der Waals surface area (Å²) in [5.74, 6) is 0.879. The van der Waals surface area contributed by atoms with Gasteiger partial charge < -0.3 is 14.7 Å². The number of carbonyl (C=O) groups excluding carboxylic acids is 1. The number of likely N-dealkylation sites (tertiary alicyclic amines) is 1. The molecule has 2 rings (SSSR count). The van der Waals surface area contributed by atoms with Gasteiger partial charge in [0.05, 0.1) is 18.6 Å². The largest absolute Gasteiger partial charge is 0.493 e. The van der Waals surface area contributed by atoms with E-state index in [-0.39, 0.29) is 5.91 Å². The number of β-amino-alcohol motifs (C(OH)–C–C–N with tert-alkyl or cyclic N) is 1. The number of nitrogens with zero attached hydrogens (tertiary/aromatic N) is 1. The molecule has 0 bridgehead atoms. The van der Waals surface area contributed by atoms with Crippen LogP contribution < -0.4 is 4.74 Å². The summed E-state index contributed by atoms with van der Waals surface area (Å²) in [6.07, 6.45) is 1.00. The Bertz CT molecular complexity index is 496. The van der Waals surface area contributed by atoms with E-state index >= 15 is 0 Å². The maximum atomic E-state index is 12.0. The summed E-state index contributed by atoms with van der Waals surface area (Å²) in [5, 5.41) is 9.85. The molecular formula is C16H23NO3. The van der Waals surface area contributed by atoms with Crippen molar-refractivity contribution in [2.75, 3.05) is 19.7 Å². The van der Waals surface area contributed by atoms with E-state index in [9.17, 15) is 9.90 Å². The average Bonchev–Trinajstić information content (AvgIpc) is 2.72. The monoisotopic (exact) mass is 277 g/mol. The molecule has 1 atom stereocenters. The number of benzene rings is 1. The van der Waals surface area contributed by atoms with Crippen molar-refractivity contribution in [1.82, 2.24) is 4.90 Å². The minimum atomic E-state index is -0.732. The number of ether oxygens (including phenoxy) is 1. The molecule has 1 saturated heterocycles. The standard InChI is InChI=1S/C16H23NO3/c1-12-4-5-14(13(2)10-12)20-9-6-15(18)17-8-7-16(3,19)11-17/h4-5,10,19H,6-9,11H2,1-3H3. The molecule has 1 N–H and O–H groups in total. The third-order valence-corrected chi connectivity index (χ3v) is 3.71. The van der Waals surface area contributed by atoms with E-state index in [1.165, 1.54) is 5.56 Å². The molecule has 4 heteroatoms. The Labute approximate surface area is 120 Å². The van der Waals surface area contributed by atoms with E-state index < -0.39 is 5.60 Å². The summed E-state index contributed by atoms with van der Waals surface area (Å²) < 4.78 is 5.66. The zero-order chi connectivity index (χ0) is 14.8. The molecule has 0 saturated carbocycles. The summed E-state index contributed by atoms with van der Waals surface area (Å²) in [6, 6.07) is 6.01. The van der Waals surface area contributed by atoms with Gasteiger partial charge in [-0.05, 0) is 38.8 Å². The summed E-state index contributed by atoms with van der Waals surface area (Å²) in [5.41, 5.74) is 1.55. The molecule has 110 valence electrons. The lowest BCUT2D eigenvalue weighted by Gasteiger charge is -2.19. The topological polar surface area (TPSA) is 49.8 Å². The van der Waals surface area contributed by atoms with Crippen molar-refractivity contribution in [2.24, 2.45) is 0 Å². The molecule has 1 aliphatic heterocycles. The number of rotatable bonds is 4. The SMILES string of the molecule is Cc1ccc(OCCC(=O)N2CCC(C)(O)C2)c(C)c1. The van der Waals surface area contributed by atoms with Gasteiger partial charge in [-0.25, -0.2) is 0 Å².